The van der Waals surface area contributed by atoms with Crippen LogP contribution in [0.3, 0.4) is 0 Å². The molecule has 0 radical (unpaired) electrons. The van der Waals surface area contributed by atoms with Gasteiger partial charge in [0.2, 0.25) is 0 Å². The van der Waals surface area contributed by atoms with Crippen LogP contribution in [0.2, 0.25) is 0 Å². The van der Waals surface area contributed by atoms with E-state index < -0.39 is 5.97 Å². The molecule has 7 aliphatic rings. The molecule has 5 aromatic heterocycles. The zero-order chi connectivity index (χ0) is 90.7. The number of nitrogens with one attached hydrogen (secondary N) is 6. The summed E-state index contributed by atoms with van der Waals surface area (Å²) in [5.41, 5.74) is 21.4. The average molecular weight is 1880 g/mol. The molecule has 678 valence electrons. The van der Waals surface area contributed by atoms with Crippen molar-refractivity contribution in [2.24, 2.45) is 5.73 Å². The van der Waals surface area contributed by atoms with Crippen LogP contribution in [-0.4, -0.2) is 140 Å². The monoisotopic (exact) mass is 1880 g/mol. The van der Waals surface area contributed by atoms with Gasteiger partial charge in [0.25, 0.3) is 11.8 Å². The first-order valence-electron chi connectivity index (χ1n) is 45.2. The van der Waals surface area contributed by atoms with Gasteiger partial charge < -0.3 is 82.0 Å². The molecule has 8 aromatic carbocycles. The van der Waals surface area contributed by atoms with E-state index in [1.54, 1.807) is 12.1 Å². The third-order valence-electron chi connectivity index (χ3n) is 25.4. The van der Waals surface area contributed by atoms with Crippen molar-refractivity contribution in [3.8, 4) is 0 Å². The number of carboxylic acid groups (broad SMARTS) is 1. The first-order chi connectivity index (χ1) is 63.0. The van der Waals surface area contributed by atoms with Gasteiger partial charge in [0.15, 0.2) is 17.4 Å². The molecule has 3 saturated heterocycles. The Morgan fingerprint density at radius 3 is 0.977 bits per heavy atom. The number of aliphatic hydroxyl groups excluding tert-OH is 1. The van der Waals surface area contributed by atoms with E-state index in [0.29, 0.717) is 92.7 Å². The summed E-state index contributed by atoms with van der Waals surface area (Å²) >= 11 is 7.02. The van der Waals surface area contributed by atoms with E-state index in [-0.39, 0.29) is 35.3 Å². The largest absolute Gasteiger partial charge is 0.478 e. The lowest BCUT2D eigenvalue weighted by Crippen LogP contribution is -2.39. The van der Waals surface area contributed by atoms with Crippen LogP contribution in [0.25, 0.3) is 53.9 Å². The number of rotatable bonds is 16. The molecular formula is C104H117Br2N13O11. The predicted molar refractivity (Wildman–Crippen MR) is 522 cm³/mol. The number of aryl methyl sites for hydroxylation is 5. The smallest absolute Gasteiger partial charge is 0.335 e. The number of anilines is 5. The van der Waals surface area contributed by atoms with Gasteiger partial charge >= 0.3 is 5.97 Å². The number of hydrogen-bond donors (Lipinski definition) is 10. The quantitative estimate of drug-likeness (QED) is 0.0429. The molecule has 12 N–H and O–H groups in total. The summed E-state index contributed by atoms with van der Waals surface area (Å²) < 4.78 is 37.0. The fraction of sp³-hybridized carbons (Fsp3) is 0.365. The maximum atomic E-state index is 12.8. The van der Waals surface area contributed by atoms with Gasteiger partial charge in [0, 0.05) is 160 Å². The Morgan fingerprint density at radius 1 is 0.369 bits per heavy atom. The minimum Gasteiger partial charge on any atom is -0.478 e. The zero-order valence-electron chi connectivity index (χ0n) is 74.5. The third kappa shape index (κ3) is 24.9. The number of carboxylic acids is 1. The molecule has 0 bridgehead atoms. The highest BCUT2D eigenvalue weighted by Crippen LogP contribution is 2.41. The van der Waals surface area contributed by atoms with Gasteiger partial charge in [-0.15, -0.1) is 0 Å². The van der Waals surface area contributed by atoms with Gasteiger partial charge in [-0.1, -0.05) is 123 Å². The highest BCUT2D eigenvalue weighted by atomic mass is 79.9. The van der Waals surface area contributed by atoms with E-state index in [9.17, 15) is 24.6 Å². The number of nitrogens with zero attached hydrogens (tertiary/aromatic N) is 5. The van der Waals surface area contributed by atoms with Crippen molar-refractivity contribution in [1.29, 1.82) is 0 Å². The van der Waals surface area contributed by atoms with Crippen LogP contribution in [0.15, 0.2) is 222 Å². The normalized spacial score (nSPS) is 18.8. The van der Waals surface area contributed by atoms with E-state index in [0.717, 1.165) is 219 Å². The lowest BCUT2D eigenvalue weighted by atomic mass is 9.90. The van der Waals surface area contributed by atoms with E-state index >= 15 is 0 Å². The number of amides is 2. The maximum Gasteiger partial charge on any atom is 0.335 e. The summed E-state index contributed by atoms with van der Waals surface area (Å²) in [7, 11) is 0. The molecule has 8 heterocycles. The van der Waals surface area contributed by atoms with Gasteiger partial charge in [-0.25, -0.2) is 29.7 Å². The van der Waals surface area contributed by atoms with Gasteiger partial charge in [-0.2, -0.15) is 0 Å². The molecule has 26 heteroatoms. The molecule has 130 heavy (non-hydrogen) atoms. The fourth-order valence-electron chi connectivity index (χ4n) is 18.2. The minimum absolute atomic E-state index is 0.0701. The number of carbonyl (C=O) groups is 3. The summed E-state index contributed by atoms with van der Waals surface area (Å²) in [6.07, 6.45) is 24.3. The molecule has 3 aliphatic heterocycles. The Labute approximate surface area is 776 Å². The SMILES string of the molecule is Cc1cc(Br)cc2cc(N)ncc12.Cc1cc(Br)cc2cc(NC3CCC4(CC3)OCCO4)ncc12.Cc1cc(C(=O)NCc2ccccc2)cc2cc(NC3CCC(O)CC3)ncc12.Cc1cc(C(=O)NCc2ccccc2)cc2cc(NC3CCC4(CC3)OCCO4)ncc12.Cc1cc(C(=O)O)cc2cc(NC3CCC4(CC3)OCCO4)ncc12.NCc1ccccc1. The summed E-state index contributed by atoms with van der Waals surface area (Å²) in [5.74, 6) is 1.88. The number of carbonyl (C=O) groups excluding carboxylic acids is 2. The van der Waals surface area contributed by atoms with Crippen molar-refractivity contribution in [3.63, 3.8) is 0 Å². The van der Waals surface area contributed by atoms with E-state index in [1.807, 2.05) is 197 Å². The molecule has 24 nitrogen and oxygen atoms in total. The number of pyridine rings is 5. The topological polar surface area (TPSA) is 336 Å². The fourth-order valence-corrected chi connectivity index (χ4v) is 19.4. The first-order valence-corrected chi connectivity index (χ1v) is 46.8. The number of ether oxygens (including phenoxy) is 6. The van der Waals surface area contributed by atoms with Crippen LogP contribution in [0.5, 0.6) is 0 Å². The van der Waals surface area contributed by atoms with Crippen molar-refractivity contribution < 1.29 is 53.0 Å². The molecule has 4 aliphatic carbocycles. The highest BCUT2D eigenvalue weighted by molar-refractivity contribution is 9.10. The molecule has 13 aromatic rings. The van der Waals surface area contributed by atoms with E-state index in [4.69, 9.17) is 39.9 Å². The van der Waals surface area contributed by atoms with Gasteiger partial charge in [0.1, 0.15) is 29.1 Å². The second kappa shape index (κ2) is 43.7. The van der Waals surface area contributed by atoms with Crippen molar-refractivity contribution in [1.82, 2.24) is 35.6 Å². The standard InChI is InChI=1S/C26H29N3O3.C24H27N3O2.C19H22N2O4.C18H21BrN2O2.C10H9BrN2.C7H9N/c1-18-13-21(25(30)28-16-19-5-3-2-4-6-19)14-20-15-24(27-17-23(18)20)29-22-7-9-26(10-8-22)31-11-12-32-26;1-16-11-19(24(29)26-14-17-5-3-2-4-6-17)12-18-13-23(25-15-22(16)18)27-20-7-9-21(28)10-8-20;1-12-8-14(18(22)23)9-13-10-17(20-11-16(12)13)21-15-2-4-19(5-3-15)24-6-7-25-19;1-12-8-14(19)9-13-10-17(20-11-16(12)13)21-15-2-4-18(5-3-15)22-6-7-23-18;1-6-2-8(11)3-7-4-10(12)13-5-9(6)7;8-6-7-4-2-1-3-5-7/h2-6,13-15,17,22H,7-12,16H2,1H3,(H,27,29)(H,28,30);2-6,11-13,15,20-21,28H,7-10,14H2,1H3,(H,25,27)(H,26,29);8-11,15H,2-7H2,1H3,(H,20,21)(H,22,23);8-11,15H,2-7H2,1H3,(H,20,21);2-5H,1H3,(H2,12,13);1-5H,6,8H2. The molecule has 0 atom stereocenters. The van der Waals surface area contributed by atoms with Crippen molar-refractivity contribution in [3.05, 3.63) is 283 Å². The van der Waals surface area contributed by atoms with Crippen LogP contribution in [0, 0.1) is 34.6 Å². The van der Waals surface area contributed by atoms with Crippen molar-refractivity contribution in [2.45, 2.75) is 205 Å². The Balaban J connectivity index is 0.000000124. The number of aromatic carboxylic acids is 1. The summed E-state index contributed by atoms with van der Waals surface area (Å²) in [6, 6.07) is 60.8. The minimum atomic E-state index is -0.912. The van der Waals surface area contributed by atoms with Crippen molar-refractivity contribution >= 4 is 133 Å². The van der Waals surface area contributed by atoms with Crippen molar-refractivity contribution in [2.75, 3.05) is 66.6 Å². The number of halogens is 2. The molecule has 0 unspecified atom stereocenters. The van der Waals surface area contributed by atoms with Gasteiger partial charge in [0.05, 0.1) is 51.3 Å². The molecule has 4 saturated carbocycles. The lowest BCUT2D eigenvalue weighted by Gasteiger charge is -2.35. The Morgan fingerprint density at radius 2 is 0.654 bits per heavy atom. The Kier molecular flexibility index (Phi) is 31.5. The van der Waals surface area contributed by atoms with Crippen LogP contribution >= 0.6 is 31.9 Å². The summed E-state index contributed by atoms with van der Waals surface area (Å²) in [6.45, 7) is 16.0. The number of fused-ring (bicyclic) bond motifs is 5. The predicted octanol–water partition coefficient (Wildman–Crippen LogP) is 20.5. The highest BCUT2D eigenvalue weighted by Gasteiger charge is 2.43. The third-order valence-corrected chi connectivity index (χ3v) is 26.3. The number of nitrogen functional groups attached to an aromatic ring is 1. The number of aliphatic hydroxyl groups is 1. The molecular weight excluding hydrogens is 1770 g/mol. The average Bonchev–Trinajstić information content (AvgIpc) is 1.31. The molecule has 20 rings (SSSR count). The second-order valence-corrected chi connectivity index (χ2v) is 36.7. The Hall–Kier alpha value is -11.1. The second-order valence-electron chi connectivity index (χ2n) is 34.9. The van der Waals surface area contributed by atoms with Gasteiger partial charge in [-0.05, 0) is 261 Å². The van der Waals surface area contributed by atoms with Crippen LogP contribution in [0.1, 0.15) is 178 Å². The number of benzene rings is 8. The summed E-state index contributed by atoms with van der Waals surface area (Å²) in [4.78, 5) is 59.1. The van der Waals surface area contributed by atoms with Crippen LogP contribution < -0.4 is 43.4 Å². The van der Waals surface area contributed by atoms with Gasteiger partial charge in [-0.3, -0.25) is 9.59 Å². The molecule has 3 spiro atoms. The zero-order valence-corrected chi connectivity index (χ0v) is 77.7. The van der Waals surface area contributed by atoms with Crippen LogP contribution in [0.4, 0.5) is 29.1 Å². The maximum absolute atomic E-state index is 12.8. The van der Waals surface area contributed by atoms with E-state index in [2.05, 4.69) is 127 Å². The van der Waals surface area contributed by atoms with Crippen LogP contribution in [-0.2, 0) is 48.1 Å². The Bertz CT molecular complexity index is 6040. The number of hydrogen-bond acceptors (Lipinski definition) is 21. The number of nitrogens with two attached hydrogens (primary N) is 2. The number of aromatic nitrogens is 5. The first kappa shape index (κ1) is 93.5. The molecule has 7 fully saturated rings. The van der Waals surface area contributed by atoms with E-state index in [1.165, 1.54) is 27.5 Å². The summed E-state index contributed by atoms with van der Waals surface area (Å²) in [5, 5.41) is 49.7. The lowest BCUT2D eigenvalue weighted by molar-refractivity contribution is -0.178. The molecule has 2 amide bonds.